The molecule has 3 aliphatic rings. The Morgan fingerprint density at radius 2 is 1.69 bits per heavy atom. The number of carbonyl (C=O) groups excluding carboxylic acids is 3. The third-order valence-corrected chi connectivity index (χ3v) is 8.30. The molecule has 3 fully saturated rings. The monoisotopic (exact) mass is 452 g/mol. The number of esters is 2. The topological polar surface area (TPSA) is 119 Å². The van der Waals surface area contributed by atoms with Crippen molar-refractivity contribution in [2.24, 2.45) is 16.7 Å². The summed E-state index contributed by atoms with van der Waals surface area (Å²) in [7, 11) is 0. The molecule has 4 unspecified atom stereocenters. The second kappa shape index (κ2) is 7.37. The summed E-state index contributed by atoms with van der Waals surface area (Å²) in [6.07, 6.45) is -1.22. The molecule has 0 aromatic carbocycles. The van der Waals surface area contributed by atoms with Crippen LogP contribution in [0.5, 0.6) is 0 Å². The first-order valence-corrected chi connectivity index (χ1v) is 11.1. The van der Waals surface area contributed by atoms with Gasteiger partial charge in [-0.25, -0.2) is 0 Å². The van der Waals surface area contributed by atoms with Crippen LogP contribution in [0.15, 0.2) is 12.7 Å². The van der Waals surface area contributed by atoms with Crippen molar-refractivity contribution >= 4 is 17.7 Å². The Hall–Kier alpha value is -1.77. The number of ketones is 1. The van der Waals surface area contributed by atoms with Crippen molar-refractivity contribution in [1.82, 2.24) is 0 Å². The average molecular weight is 453 g/mol. The molecular weight excluding hydrogens is 416 g/mol. The van der Waals surface area contributed by atoms with Gasteiger partial charge in [-0.3, -0.25) is 14.4 Å². The number of aliphatic hydroxyl groups excluding tert-OH is 1. The van der Waals surface area contributed by atoms with Crippen molar-refractivity contribution in [2.45, 2.75) is 103 Å². The quantitative estimate of drug-likeness (QED) is 0.493. The molecule has 0 bridgehead atoms. The summed E-state index contributed by atoms with van der Waals surface area (Å²) in [5.41, 5.74) is -7.21. The van der Waals surface area contributed by atoms with Gasteiger partial charge >= 0.3 is 11.9 Å². The summed E-state index contributed by atoms with van der Waals surface area (Å²) < 4.78 is 17.8. The Morgan fingerprint density at radius 1 is 1.12 bits per heavy atom. The summed E-state index contributed by atoms with van der Waals surface area (Å²) in [4.78, 5) is 38.2. The molecule has 0 radical (unpaired) electrons. The number of hydrogen-bond donors (Lipinski definition) is 2. The van der Waals surface area contributed by atoms with E-state index in [0.717, 1.165) is 0 Å². The van der Waals surface area contributed by atoms with Crippen LogP contribution in [0.2, 0.25) is 0 Å². The molecule has 2 saturated carbocycles. The van der Waals surface area contributed by atoms with E-state index in [4.69, 9.17) is 14.2 Å². The Labute approximate surface area is 189 Å². The fourth-order valence-corrected chi connectivity index (χ4v) is 6.93. The van der Waals surface area contributed by atoms with E-state index in [1.807, 2.05) is 13.8 Å². The zero-order chi connectivity index (χ0) is 24.5. The molecular formula is C24H36O8. The van der Waals surface area contributed by atoms with E-state index < -0.39 is 69.6 Å². The highest BCUT2D eigenvalue weighted by Gasteiger charge is 2.82. The number of fused-ring (bicyclic) bond motifs is 3. The summed E-state index contributed by atoms with van der Waals surface area (Å²) >= 11 is 0. The van der Waals surface area contributed by atoms with Gasteiger partial charge in [-0.15, -0.1) is 6.58 Å². The van der Waals surface area contributed by atoms with Crippen LogP contribution in [0, 0.1) is 16.7 Å². The molecule has 8 nitrogen and oxygen atoms in total. The van der Waals surface area contributed by atoms with Crippen LogP contribution >= 0.6 is 0 Å². The summed E-state index contributed by atoms with van der Waals surface area (Å²) in [6.45, 7) is 14.9. The lowest BCUT2D eigenvalue weighted by molar-refractivity contribution is -0.370. The van der Waals surface area contributed by atoms with Crippen LogP contribution < -0.4 is 0 Å². The molecule has 0 amide bonds. The minimum absolute atomic E-state index is 0.164. The molecule has 0 aromatic heterocycles. The van der Waals surface area contributed by atoms with Gasteiger partial charge in [-0.2, -0.15) is 0 Å². The van der Waals surface area contributed by atoms with Gasteiger partial charge in [0.15, 0.2) is 17.5 Å². The normalized spacial score (nSPS) is 47.6. The molecule has 2 N–H and O–H groups in total. The van der Waals surface area contributed by atoms with Gasteiger partial charge in [0, 0.05) is 31.6 Å². The molecule has 8 heteroatoms. The van der Waals surface area contributed by atoms with Crippen molar-refractivity contribution in [3.05, 3.63) is 12.7 Å². The second-order valence-electron chi connectivity index (χ2n) is 10.9. The third-order valence-electron chi connectivity index (χ3n) is 8.30. The minimum Gasteiger partial charge on any atom is -0.458 e. The van der Waals surface area contributed by atoms with E-state index in [-0.39, 0.29) is 6.42 Å². The van der Waals surface area contributed by atoms with Crippen LogP contribution in [-0.4, -0.2) is 63.0 Å². The summed E-state index contributed by atoms with van der Waals surface area (Å²) in [5.74, 6) is -2.51. The number of carbonyl (C=O) groups is 3. The molecule has 1 heterocycles. The van der Waals surface area contributed by atoms with E-state index >= 15 is 0 Å². The molecule has 32 heavy (non-hydrogen) atoms. The number of aliphatic hydroxyl groups is 2. The van der Waals surface area contributed by atoms with E-state index in [1.54, 1.807) is 13.8 Å². The lowest BCUT2D eigenvalue weighted by Gasteiger charge is -2.71. The Morgan fingerprint density at radius 3 is 2.19 bits per heavy atom. The first kappa shape index (κ1) is 24.9. The smallest absolute Gasteiger partial charge is 0.303 e. The van der Waals surface area contributed by atoms with Crippen molar-refractivity contribution in [2.75, 3.05) is 0 Å². The molecule has 2 aliphatic carbocycles. The molecule has 8 atom stereocenters. The van der Waals surface area contributed by atoms with Gasteiger partial charge in [0.25, 0.3) is 0 Å². The zero-order valence-electron chi connectivity index (χ0n) is 20.1. The van der Waals surface area contributed by atoms with E-state index in [9.17, 15) is 24.6 Å². The Bertz CT molecular complexity index is 851. The first-order chi connectivity index (χ1) is 14.5. The molecule has 0 aromatic rings. The van der Waals surface area contributed by atoms with Crippen LogP contribution in [0.3, 0.4) is 0 Å². The molecule has 1 saturated heterocycles. The lowest BCUT2D eigenvalue weighted by atomic mass is 9.39. The zero-order valence-corrected chi connectivity index (χ0v) is 20.1. The van der Waals surface area contributed by atoms with E-state index in [1.165, 1.54) is 26.8 Å². The summed E-state index contributed by atoms with van der Waals surface area (Å²) in [5, 5.41) is 23.6. The minimum atomic E-state index is -2.22. The number of Topliss-reactive ketones (excluding diaryl/α,β-unsaturated/α-hetero) is 1. The molecule has 3 rings (SSSR count). The maximum atomic E-state index is 13.8. The van der Waals surface area contributed by atoms with Gasteiger partial charge < -0.3 is 24.4 Å². The predicted octanol–water partition coefficient (Wildman–Crippen LogP) is 2.09. The average Bonchev–Trinajstić information content (AvgIpc) is 2.65. The molecule has 180 valence electrons. The van der Waals surface area contributed by atoms with Gasteiger partial charge in [0.1, 0.15) is 11.7 Å². The SMILES string of the molecule is C=C[C@@]1(C)CC(=O)[C@]2(O)C3(C)C(O)CCC(C)(C)[C@@H]3C(OC(C)=O)C(OC(C)=O)[C@@]2(C)O1. The van der Waals surface area contributed by atoms with Crippen molar-refractivity contribution in [1.29, 1.82) is 0 Å². The van der Waals surface area contributed by atoms with Gasteiger partial charge in [-0.05, 0) is 32.1 Å². The van der Waals surface area contributed by atoms with Crippen LogP contribution in [0.1, 0.15) is 67.7 Å². The van der Waals surface area contributed by atoms with Gasteiger partial charge in [0.2, 0.25) is 0 Å². The fourth-order valence-electron chi connectivity index (χ4n) is 6.93. The Balaban J connectivity index is 2.39. The van der Waals surface area contributed by atoms with Crippen LogP contribution in [-0.2, 0) is 28.6 Å². The maximum Gasteiger partial charge on any atom is 0.303 e. The maximum absolute atomic E-state index is 13.8. The van der Waals surface area contributed by atoms with Gasteiger partial charge in [0.05, 0.1) is 11.7 Å². The number of rotatable bonds is 3. The van der Waals surface area contributed by atoms with Crippen molar-refractivity contribution in [3.63, 3.8) is 0 Å². The van der Waals surface area contributed by atoms with Crippen molar-refractivity contribution in [3.8, 4) is 0 Å². The largest absolute Gasteiger partial charge is 0.458 e. The molecule has 0 spiro atoms. The third kappa shape index (κ3) is 3.10. The van der Waals surface area contributed by atoms with Crippen LogP contribution in [0.25, 0.3) is 0 Å². The first-order valence-electron chi connectivity index (χ1n) is 11.1. The highest BCUT2D eigenvalue weighted by Crippen LogP contribution is 2.67. The van der Waals surface area contributed by atoms with E-state index in [2.05, 4.69) is 6.58 Å². The predicted molar refractivity (Wildman–Crippen MR) is 114 cm³/mol. The van der Waals surface area contributed by atoms with Gasteiger partial charge in [-0.1, -0.05) is 26.8 Å². The number of ether oxygens (including phenoxy) is 3. The van der Waals surface area contributed by atoms with Crippen LogP contribution in [0.4, 0.5) is 0 Å². The second-order valence-corrected chi connectivity index (χ2v) is 10.9. The standard InChI is InChI=1S/C24H36O8/c1-9-21(6)12-16(28)24(29)22(7)15(27)10-11-20(4,5)18(22)17(30-13(2)25)19(31-14(3)26)23(24,8)32-21/h9,15,17-19,27,29H,1,10-12H2,2-8H3/t15?,17?,18-,19?,21-,22?,23+,24-/m0/s1. The molecule has 1 aliphatic heterocycles. The number of hydrogen-bond acceptors (Lipinski definition) is 8. The summed E-state index contributed by atoms with van der Waals surface area (Å²) in [6, 6.07) is 0. The fraction of sp³-hybridized carbons (Fsp3) is 0.792. The lowest BCUT2D eigenvalue weighted by Crippen LogP contribution is -2.87. The highest BCUT2D eigenvalue weighted by atomic mass is 16.6. The van der Waals surface area contributed by atoms with E-state index in [0.29, 0.717) is 12.8 Å². The highest BCUT2D eigenvalue weighted by molar-refractivity contribution is 5.92. The van der Waals surface area contributed by atoms with Crippen molar-refractivity contribution < 1.29 is 38.8 Å². The Kier molecular flexibility index (Phi) is 5.72.